The predicted molar refractivity (Wildman–Crippen MR) is 135 cm³/mol. The number of anilines is 1. The molecule has 5 rings (SSSR count). The molecule has 2 heterocycles. The summed E-state index contributed by atoms with van der Waals surface area (Å²) < 4.78 is 1.31. The number of ketones is 1. The molecule has 1 aliphatic rings. The number of Topliss-reactive ketones (excluding diaryl/α,β-unsaturated/α-hetero) is 1. The second kappa shape index (κ2) is 9.04. The van der Waals surface area contributed by atoms with Gasteiger partial charge in [0.25, 0.3) is 17.5 Å². The van der Waals surface area contributed by atoms with Gasteiger partial charge >= 0.3 is 0 Å². The van der Waals surface area contributed by atoms with Gasteiger partial charge in [0, 0.05) is 16.7 Å². The number of hydrogen-bond donors (Lipinski definition) is 0. The number of rotatable bonds is 6. The summed E-state index contributed by atoms with van der Waals surface area (Å²) in [7, 11) is 0. The number of carbonyl (C=O) groups is 3. The van der Waals surface area contributed by atoms with Crippen molar-refractivity contribution >= 4 is 85.5 Å². The normalized spacial score (nSPS) is 12.9. The number of imide groups is 1. The van der Waals surface area contributed by atoms with Crippen LogP contribution in [-0.4, -0.2) is 33.3 Å². The summed E-state index contributed by atoms with van der Waals surface area (Å²) in [5, 5.41) is 12.1. The lowest BCUT2D eigenvalue weighted by Crippen LogP contribution is -2.29. The van der Waals surface area contributed by atoms with Crippen molar-refractivity contribution in [1.82, 2.24) is 4.98 Å². The van der Waals surface area contributed by atoms with Crippen molar-refractivity contribution in [3.63, 3.8) is 0 Å². The van der Waals surface area contributed by atoms with Crippen LogP contribution in [0.2, 0.25) is 10.0 Å². The van der Waals surface area contributed by atoms with Crippen LogP contribution in [0.15, 0.2) is 58.9 Å². The molecule has 2 amide bonds. The largest absolute Gasteiger partial charge is 0.293 e. The van der Waals surface area contributed by atoms with Crippen molar-refractivity contribution in [3.8, 4) is 0 Å². The number of thioether (sulfide) groups is 1. The lowest BCUT2D eigenvalue weighted by Gasteiger charge is -2.13. The minimum atomic E-state index is -0.749. The van der Waals surface area contributed by atoms with Gasteiger partial charge in [-0.2, -0.15) is 0 Å². The first-order chi connectivity index (χ1) is 16.7. The van der Waals surface area contributed by atoms with E-state index < -0.39 is 22.4 Å². The lowest BCUT2D eigenvalue weighted by molar-refractivity contribution is -0.385. The van der Waals surface area contributed by atoms with Crippen LogP contribution in [0.5, 0.6) is 0 Å². The maximum absolute atomic E-state index is 13.0. The van der Waals surface area contributed by atoms with Gasteiger partial charge < -0.3 is 0 Å². The zero-order valence-corrected chi connectivity index (χ0v) is 20.5. The Hall–Kier alpha value is -3.31. The van der Waals surface area contributed by atoms with Gasteiger partial charge in [-0.25, -0.2) is 9.88 Å². The fourth-order valence-electron chi connectivity index (χ4n) is 3.67. The van der Waals surface area contributed by atoms with Gasteiger partial charge in [0.05, 0.1) is 37.2 Å². The number of nitrogens with zero attached hydrogens (tertiary/aromatic N) is 3. The second-order valence-electron chi connectivity index (χ2n) is 7.37. The molecular weight excluding hydrogens is 533 g/mol. The first kappa shape index (κ1) is 23.4. The molecule has 0 aliphatic carbocycles. The zero-order valence-electron chi connectivity index (χ0n) is 17.4. The Balaban J connectivity index is 1.39. The Morgan fingerprint density at radius 3 is 2.63 bits per heavy atom. The topological polar surface area (TPSA) is 110 Å². The fraction of sp³-hybridized carbons (Fsp3) is 0.0435. The zero-order chi connectivity index (χ0) is 24.9. The maximum atomic E-state index is 13.0. The molecular formula is C23H11Cl2N3O5S2. The van der Waals surface area contributed by atoms with Gasteiger partial charge in [0.1, 0.15) is 5.56 Å². The summed E-state index contributed by atoms with van der Waals surface area (Å²) in [4.78, 5) is 54.5. The van der Waals surface area contributed by atoms with Crippen LogP contribution in [0.3, 0.4) is 0 Å². The Labute approximate surface area is 215 Å². The number of fused-ring (bicyclic) bond motifs is 2. The van der Waals surface area contributed by atoms with Crippen LogP contribution in [0.4, 0.5) is 11.4 Å². The van der Waals surface area contributed by atoms with Crippen LogP contribution in [0.25, 0.3) is 10.2 Å². The van der Waals surface area contributed by atoms with Crippen LogP contribution < -0.4 is 4.90 Å². The molecule has 1 aliphatic heterocycles. The summed E-state index contributed by atoms with van der Waals surface area (Å²) in [6, 6.07) is 13.5. The quantitative estimate of drug-likeness (QED) is 0.0923. The number of aromatic nitrogens is 1. The summed E-state index contributed by atoms with van der Waals surface area (Å²) in [5.41, 5.74) is 0.632. The molecule has 174 valence electrons. The Morgan fingerprint density at radius 1 is 1.09 bits per heavy atom. The Kier molecular flexibility index (Phi) is 6.06. The molecule has 0 atom stereocenters. The molecule has 8 nitrogen and oxygen atoms in total. The summed E-state index contributed by atoms with van der Waals surface area (Å²) in [6.07, 6.45) is 0. The first-order valence-corrected chi connectivity index (χ1v) is 12.5. The summed E-state index contributed by atoms with van der Waals surface area (Å²) in [5.74, 6) is -1.45. The molecule has 0 bridgehead atoms. The number of nitro benzene ring substituents is 1. The van der Waals surface area contributed by atoms with Gasteiger partial charge in [-0.1, -0.05) is 41.0 Å². The number of hydrogen-bond acceptors (Lipinski definition) is 8. The third-order valence-electron chi connectivity index (χ3n) is 5.26. The Morgan fingerprint density at radius 2 is 1.89 bits per heavy atom. The van der Waals surface area contributed by atoms with Crippen molar-refractivity contribution in [3.05, 3.63) is 91.4 Å². The minimum absolute atomic E-state index is 0.00998. The van der Waals surface area contributed by atoms with Crippen molar-refractivity contribution in [2.24, 2.45) is 0 Å². The van der Waals surface area contributed by atoms with Gasteiger partial charge in [-0.3, -0.25) is 24.5 Å². The highest BCUT2D eigenvalue weighted by molar-refractivity contribution is 8.01. The van der Waals surface area contributed by atoms with Crippen LogP contribution in [0, 0.1) is 10.1 Å². The van der Waals surface area contributed by atoms with E-state index in [-0.39, 0.29) is 33.4 Å². The molecule has 0 saturated carbocycles. The van der Waals surface area contributed by atoms with E-state index >= 15 is 0 Å². The Bertz CT molecular complexity index is 1590. The van der Waals surface area contributed by atoms with E-state index in [9.17, 15) is 24.5 Å². The van der Waals surface area contributed by atoms with E-state index in [1.165, 1.54) is 47.4 Å². The van der Waals surface area contributed by atoms with E-state index in [1.807, 2.05) is 0 Å². The molecule has 1 aromatic heterocycles. The van der Waals surface area contributed by atoms with Gasteiger partial charge in [0.2, 0.25) is 0 Å². The van der Waals surface area contributed by atoms with E-state index in [1.54, 1.807) is 30.3 Å². The van der Waals surface area contributed by atoms with E-state index in [0.717, 1.165) is 4.90 Å². The number of halogens is 2. The fourth-order valence-corrected chi connectivity index (χ4v) is 6.17. The number of thiazole rings is 1. The van der Waals surface area contributed by atoms with Crippen molar-refractivity contribution < 1.29 is 19.3 Å². The number of benzene rings is 3. The van der Waals surface area contributed by atoms with Crippen LogP contribution in [0.1, 0.15) is 31.1 Å². The smallest absolute Gasteiger partial charge is 0.283 e. The molecule has 12 heteroatoms. The van der Waals surface area contributed by atoms with E-state index in [2.05, 4.69) is 4.98 Å². The van der Waals surface area contributed by atoms with E-state index in [4.69, 9.17) is 23.2 Å². The van der Waals surface area contributed by atoms with Crippen LogP contribution in [-0.2, 0) is 0 Å². The third kappa shape index (κ3) is 4.19. The highest BCUT2D eigenvalue weighted by Crippen LogP contribution is 2.37. The van der Waals surface area contributed by atoms with Crippen molar-refractivity contribution in [2.45, 2.75) is 4.34 Å². The average Bonchev–Trinajstić information content (AvgIpc) is 3.35. The molecule has 0 N–H and O–H groups in total. The second-order valence-corrected chi connectivity index (χ2v) is 10.5. The highest BCUT2D eigenvalue weighted by atomic mass is 35.5. The minimum Gasteiger partial charge on any atom is -0.293 e. The van der Waals surface area contributed by atoms with Crippen molar-refractivity contribution in [1.29, 1.82) is 0 Å². The SMILES string of the molecule is O=C(CSc1nc2ccc(N3C(=O)c4cccc([N+](=O)[O-])c4C3=O)cc2s1)c1ccc(Cl)cc1Cl. The predicted octanol–water partition coefficient (Wildman–Crippen LogP) is 6.29. The van der Waals surface area contributed by atoms with Crippen molar-refractivity contribution in [2.75, 3.05) is 10.7 Å². The summed E-state index contributed by atoms with van der Waals surface area (Å²) in [6.45, 7) is 0. The maximum Gasteiger partial charge on any atom is 0.283 e. The molecule has 0 fully saturated rings. The third-order valence-corrected chi connectivity index (χ3v) is 7.97. The lowest BCUT2D eigenvalue weighted by atomic mass is 10.1. The molecule has 0 spiro atoms. The van der Waals surface area contributed by atoms with Gasteiger partial charge in [-0.05, 0) is 42.5 Å². The van der Waals surface area contributed by atoms with Crippen LogP contribution >= 0.6 is 46.3 Å². The molecule has 0 radical (unpaired) electrons. The number of amides is 2. The monoisotopic (exact) mass is 543 g/mol. The molecule has 4 aromatic rings. The average molecular weight is 544 g/mol. The van der Waals surface area contributed by atoms with Gasteiger partial charge in [0.15, 0.2) is 10.1 Å². The molecule has 35 heavy (non-hydrogen) atoms. The summed E-state index contributed by atoms with van der Waals surface area (Å²) >= 11 is 14.5. The number of carbonyl (C=O) groups excluding carboxylic acids is 3. The highest BCUT2D eigenvalue weighted by Gasteiger charge is 2.41. The standard InChI is InChI=1S/C23H11Cl2N3O5S2/c24-11-4-6-13(15(25)8-11)18(29)10-34-23-26-16-7-5-12(9-19(16)35-23)27-21(30)14-2-1-3-17(28(32)33)20(14)22(27)31/h1-9H,10H2. The first-order valence-electron chi connectivity index (χ1n) is 9.92. The van der Waals surface area contributed by atoms with Gasteiger partial charge in [-0.15, -0.1) is 11.3 Å². The molecule has 0 unspecified atom stereocenters. The molecule has 0 saturated heterocycles. The number of nitro groups is 1. The molecule has 3 aromatic carbocycles. The van der Waals surface area contributed by atoms with E-state index in [0.29, 0.717) is 25.1 Å².